The Labute approximate surface area is 190 Å². The molecule has 2 N–H and O–H groups in total. The van der Waals surface area contributed by atoms with E-state index in [1.807, 2.05) is 0 Å². The van der Waals surface area contributed by atoms with Crippen molar-refractivity contribution in [3.05, 3.63) is 34.5 Å². The van der Waals surface area contributed by atoms with Crippen molar-refractivity contribution in [3.8, 4) is 0 Å². The molecule has 0 amide bonds. The maximum atomic E-state index is 14.8. The van der Waals surface area contributed by atoms with Crippen LogP contribution in [0.4, 0.5) is 19.6 Å². The molecule has 2 saturated heterocycles. The molecule has 2 fully saturated rings. The highest BCUT2D eigenvalue weighted by Gasteiger charge is 2.50. The van der Waals surface area contributed by atoms with Gasteiger partial charge in [-0.15, -0.1) is 11.3 Å². The lowest BCUT2D eigenvalue weighted by Crippen LogP contribution is -2.60. The SMILES string of the molecule is C[C@H]1CCC(CF)N2CCCC12CNc1cc(F)c(S(=O)(=O)Nc2nccs2)cc1Cl. The van der Waals surface area contributed by atoms with Crippen LogP contribution in [0.2, 0.25) is 5.02 Å². The minimum Gasteiger partial charge on any atom is -0.382 e. The summed E-state index contributed by atoms with van der Waals surface area (Å²) in [6, 6.07) is 2.13. The van der Waals surface area contributed by atoms with E-state index in [2.05, 4.69) is 26.8 Å². The smallest absolute Gasteiger partial charge is 0.266 e. The first-order valence-corrected chi connectivity index (χ1v) is 13.0. The van der Waals surface area contributed by atoms with Gasteiger partial charge in [0.1, 0.15) is 17.4 Å². The maximum Gasteiger partial charge on any atom is 0.266 e. The molecule has 170 valence electrons. The molecule has 0 saturated carbocycles. The van der Waals surface area contributed by atoms with Crippen LogP contribution in [0.25, 0.3) is 0 Å². The lowest BCUT2D eigenvalue weighted by Gasteiger charge is -2.51. The zero-order chi connectivity index (χ0) is 22.2. The second kappa shape index (κ2) is 8.80. The highest BCUT2D eigenvalue weighted by molar-refractivity contribution is 7.93. The molecule has 0 spiro atoms. The van der Waals surface area contributed by atoms with Gasteiger partial charge in [0.2, 0.25) is 0 Å². The minimum atomic E-state index is -4.16. The molecule has 2 aliphatic heterocycles. The first-order valence-electron chi connectivity index (χ1n) is 10.2. The largest absolute Gasteiger partial charge is 0.382 e. The molecule has 4 rings (SSSR count). The van der Waals surface area contributed by atoms with Gasteiger partial charge in [-0.1, -0.05) is 18.5 Å². The van der Waals surface area contributed by atoms with Gasteiger partial charge in [-0.25, -0.2) is 22.2 Å². The third-order valence-electron chi connectivity index (χ3n) is 6.60. The Morgan fingerprint density at radius 2 is 2.19 bits per heavy atom. The van der Waals surface area contributed by atoms with Gasteiger partial charge in [0, 0.05) is 29.7 Å². The van der Waals surface area contributed by atoms with Crippen LogP contribution in [0.15, 0.2) is 28.6 Å². The molecule has 1 aromatic carbocycles. The summed E-state index contributed by atoms with van der Waals surface area (Å²) in [5.41, 5.74) is 0.106. The Hall–Kier alpha value is -1.49. The standard InChI is InChI=1S/C20H25ClF2N4O2S2/c1-13-3-4-14(11-22)27-7-2-5-20(13,27)12-25-17-10-16(23)18(9-15(17)21)31(28,29)26-19-24-6-8-30-19/h6,8-10,13-14,25H,2-5,7,11-12H2,1H3,(H,24,26)/t13-,14?,20?/m0/s1. The second-order valence-electron chi connectivity index (χ2n) is 8.25. The number of rotatable bonds is 7. The van der Waals surface area contributed by atoms with Gasteiger partial charge in [0.05, 0.1) is 10.7 Å². The summed E-state index contributed by atoms with van der Waals surface area (Å²) in [4.78, 5) is 5.58. The van der Waals surface area contributed by atoms with E-state index in [9.17, 15) is 17.2 Å². The van der Waals surface area contributed by atoms with Crippen LogP contribution in [0.5, 0.6) is 0 Å². The predicted molar refractivity (Wildman–Crippen MR) is 120 cm³/mol. The first-order chi connectivity index (χ1) is 14.8. The van der Waals surface area contributed by atoms with Crippen LogP contribution in [-0.4, -0.2) is 49.6 Å². The van der Waals surface area contributed by atoms with E-state index in [1.54, 1.807) is 5.38 Å². The quantitative estimate of drug-likeness (QED) is 0.585. The number of benzene rings is 1. The van der Waals surface area contributed by atoms with Crippen LogP contribution >= 0.6 is 22.9 Å². The Balaban J connectivity index is 1.55. The molecule has 3 atom stereocenters. The van der Waals surface area contributed by atoms with Crippen LogP contribution in [-0.2, 0) is 10.0 Å². The van der Waals surface area contributed by atoms with Gasteiger partial charge in [0.15, 0.2) is 5.13 Å². The minimum absolute atomic E-state index is 0.0860. The van der Waals surface area contributed by atoms with E-state index in [0.717, 1.165) is 55.7 Å². The normalized spacial score (nSPS) is 26.6. The highest BCUT2D eigenvalue weighted by atomic mass is 35.5. The van der Waals surface area contributed by atoms with E-state index in [0.29, 0.717) is 18.2 Å². The third kappa shape index (κ3) is 4.27. The van der Waals surface area contributed by atoms with E-state index in [-0.39, 0.29) is 28.4 Å². The van der Waals surface area contributed by atoms with Crippen molar-refractivity contribution in [3.63, 3.8) is 0 Å². The number of alkyl halides is 1. The molecule has 11 heteroatoms. The Morgan fingerprint density at radius 1 is 1.39 bits per heavy atom. The maximum absolute atomic E-state index is 14.8. The number of nitrogens with zero attached hydrogens (tertiary/aromatic N) is 2. The fraction of sp³-hybridized carbons (Fsp3) is 0.550. The molecular weight excluding hydrogens is 466 g/mol. The van der Waals surface area contributed by atoms with Gasteiger partial charge in [0.25, 0.3) is 10.0 Å². The van der Waals surface area contributed by atoms with E-state index in [4.69, 9.17) is 11.6 Å². The fourth-order valence-electron chi connectivity index (χ4n) is 4.95. The number of nitrogens with one attached hydrogen (secondary N) is 2. The Kier molecular flexibility index (Phi) is 6.44. The van der Waals surface area contributed by atoms with Crippen LogP contribution in [0.3, 0.4) is 0 Å². The van der Waals surface area contributed by atoms with E-state index >= 15 is 0 Å². The molecular formula is C20H25ClF2N4O2S2. The summed E-state index contributed by atoms with van der Waals surface area (Å²) in [5, 5.41) is 5.08. The molecule has 3 heterocycles. The van der Waals surface area contributed by atoms with E-state index in [1.165, 1.54) is 6.20 Å². The van der Waals surface area contributed by atoms with E-state index < -0.39 is 20.7 Å². The van der Waals surface area contributed by atoms with Crippen molar-refractivity contribution in [2.24, 2.45) is 5.92 Å². The number of hydrogen-bond acceptors (Lipinski definition) is 6. The zero-order valence-electron chi connectivity index (χ0n) is 17.1. The topological polar surface area (TPSA) is 74.3 Å². The lowest BCUT2D eigenvalue weighted by atomic mass is 9.75. The van der Waals surface area contributed by atoms with Crippen molar-refractivity contribution < 1.29 is 17.2 Å². The molecule has 6 nitrogen and oxygen atoms in total. The highest BCUT2D eigenvalue weighted by Crippen LogP contribution is 2.45. The lowest BCUT2D eigenvalue weighted by molar-refractivity contribution is -0.00613. The monoisotopic (exact) mass is 490 g/mol. The van der Waals surface area contributed by atoms with Crippen molar-refractivity contribution in [2.45, 2.75) is 49.1 Å². The van der Waals surface area contributed by atoms with Gasteiger partial charge in [-0.05, 0) is 50.3 Å². The third-order valence-corrected chi connectivity index (χ3v) is 9.08. The number of aromatic nitrogens is 1. The summed E-state index contributed by atoms with van der Waals surface area (Å²) in [5.74, 6) is -0.550. The molecule has 2 aliphatic rings. The Bertz CT molecular complexity index is 1040. The van der Waals surface area contributed by atoms with Crippen molar-refractivity contribution in [1.29, 1.82) is 0 Å². The molecule has 31 heavy (non-hydrogen) atoms. The summed E-state index contributed by atoms with van der Waals surface area (Å²) >= 11 is 7.42. The van der Waals surface area contributed by atoms with Gasteiger partial charge in [-0.2, -0.15) is 0 Å². The number of fused-ring (bicyclic) bond motifs is 1. The van der Waals surface area contributed by atoms with Crippen molar-refractivity contribution in [1.82, 2.24) is 9.88 Å². The Morgan fingerprint density at radius 3 is 2.90 bits per heavy atom. The number of halogens is 3. The summed E-state index contributed by atoms with van der Waals surface area (Å²) in [6.07, 6.45) is 5.15. The number of piperidine rings is 1. The van der Waals surface area contributed by atoms with Crippen LogP contribution < -0.4 is 10.0 Å². The first kappa shape index (κ1) is 22.7. The molecule has 2 aromatic rings. The average molecular weight is 491 g/mol. The molecule has 0 aliphatic carbocycles. The number of hydrogen-bond donors (Lipinski definition) is 2. The predicted octanol–water partition coefficient (Wildman–Crippen LogP) is 4.75. The van der Waals surface area contributed by atoms with Crippen LogP contribution in [0.1, 0.15) is 32.6 Å². The molecule has 0 radical (unpaired) electrons. The summed E-state index contributed by atoms with van der Waals surface area (Å²) in [7, 11) is -4.16. The van der Waals surface area contributed by atoms with Gasteiger partial charge >= 0.3 is 0 Å². The number of anilines is 2. The average Bonchev–Trinajstić information content (AvgIpc) is 3.39. The van der Waals surface area contributed by atoms with Crippen molar-refractivity contribution in [2.75, 3.05) is 29.8 Å². The summed E-state index contributed by atoms with van der Waals surface area (Å²) in [6.45, 7) is 3.15. The number of thiazole rings is 1. The molecule has 2 unspecified atom stereocenters. The van der Waals surface area contributed by atoms with Crippen molar-refractivity contribution >= 4 is 43.8 Å². The second-order valence-corrected chi connectivity index (χ2v) is 11.2. The summed E-state index contributed by atoms with van der Waals surface area (Å²) < 4.78 is 55.7. The number of sulfonamides is 1. The van der Waals surface area contributed by atoms with Crippen LogP contribution in [0, 0.1) is 11.7 Å². The van der Waals surface area contributed by atoms with Gasteiger partial charge < -0.3 is 5.32 Å². The zero-order valence-corrected chi connectivity index (χ0v) is 19.5. The molecule has 0 bridgehead atoms. The van der Waals surface area contributed by atoms with Gasteiger partial charge in [-0.3, -0.25) is 9.62 Å². The fourth-order valence-corrected chi connectivity index (χ4v) is 7.12. The molecule has 1 aromatic heterocycles.